The smallest absolute Gasteiger partial charge is 0.306 e. The second-order valence-electron chi connectivity index (χ2n) is 11.7. The molecule has 3 fully saturated rings. The number of carbonyl (C=O) groups is 3. The molecule has 4 rings (SSSR count). The van der Waals surface area contributed by atoms with Gasteiger partial charge < -0.3 is 9.84 Å². The lowest BCUT2D eigenvalue weighted by Crippen LogP contribution is -2.68. The molecule has 0 spiro atoms. The van der Waals surface area contributed by atoms with E-state index in [1.54, 1.807) is 13.0 Å². The summed E-state index contributed by atoms with van der Waals surface area (Å²) in [7, 11) is 0. The topological polar surface area (TPSA) is 80.7 Å². The third-order valence-corrected chi connectivity index (χ3v) is 10.1. The van der Waals surface area contributed by atoms with Gasteiger partial charge in [-0.3, -0.25) is 14.4 Å². The number of fused-ring (bicyclic) bond motifs is 5. The number of ketones is 2. The van der Waals surface area contributed by atoms with E-state index in [0.717, 1.165) is 19.3 Å². The number of hydrogen-bond acceptors (Lipinski definition) is 5. The summed E-state index contributed by atoms with van der Waals surface area (Å²) in [5, 5.41) is 10.9. The number of rotatable bonds is 7. The Bertz CT molecular complexity index is 961. The first kappa shape index (κ1) is 26.5. The van der Waals surface area contributed by atoms with Crippen molar-refractivity contribution in [2.75, 3.05) is 6.61 Å². The van der Waals surface area contributed by atoms with Gasteiger partial charge in [-0.05, 0) is 67.6 Å². The number of ether oxygens (including phenoxy) is 1. The maximum atomic E-state index is 17.2. The molecule has 35 heavy (non-hydrogen) atoms. The highest BCUT2D eigenvalue weighted by Crippen LogP contribution is 2.70. The van der Waals surface area contributed by atoms with Crippen molar-refractivity contribution in [1.82, 2.24) is 0 Å². The number of Topliss-reactive ketones (excluding diaryl/α,β-unsaturated/α-hetero) is 1. The summed E-state index contributed by atoms with van der Waals surface area (Å²) >= 11 is 6.76. The van der Waals surface area contributed by atoms with Crippen LogP contribution in [0.5, 0.6) is 0 Å². The lowest BCUT2D eigenvalue weighted by molar-refractivity contribution is -0.195. The Kier molecular flexibility index (Phi) is 7.13. The van der Waals surface area contributed by atoms with Crippen molar-refractivity contribution in [3.8, 4) is 0 Å². The molecule has 0 saturated heterocycles. The highest BCUT2D eigenvalue weighted by Gasteiger charge is 2.72. The van der Waals surface area contributed by atoms with Gasteiger partial charge in [0.1, 0.15) is 6.61 Å². The van der Waals surface area contributed by atoms with Gasteiger partial charge >= 0.3 is 5.97 Å². The van der Waals surface area contributed by atoms with Crippen molar-refractivity contribution in [3.63, 3.8) is 0 Å². The molecule has 7 heteroatoms. The maximum Gasteiger partial charge on any atom is 0.306 e. The van der Waals surface area contributed by atoms with Crippen LogP contribution in [0.1, 0.15) is 72.6 Å². The van der Waals surface area contributed by atoms with Crippen molar-refractivity contribution in [1.29, 1.82) is 0 Å². The minimum Gasteiger partial charge on any atom is -0.458 e. The first-order valence-corrected chi connectivity index (χ1v) is 13.5. The lowest BCUT2D eigenvalue weighted by atomic mass is 9.45. The third-order valence-electron chi connectivity index (χ3n) is 9.68. The summed E-state index contributed by atoms with van der Waals surface area (Å²) in [5.74, 6) is -1.93. The number of esters is 1. The molecule has 5 nitrogen and oxygen atoms in total. The van der Waals surface area contributed by atoms with Crippen molar-refractivity contribution in [2.24, 2.45) is 34.5 Å². The first-order valence-electron chi connectivity index (χ1n) is 13.0. The van der Waals surface area contributed by atoms with E-state index in [-0.39, 0.29) is 42.4 Å². The Labute approximate surface area is 212 Å². The Morgan fingerprint density at radius 1 is 1.23 bits per heavy atom. The summed E-state index contributed by atoms with van der Waals surface area (Å²) in [4.78, 5) is 37.5. The van der Waals surface area contributed by atoms with Gasteiger partial charge in [-0.15, -0.1) is 11.6 Å². The van der Waals surface area contributed by atoms with Crippen LogP contribution in [0.2, 0.25) is 0 Å². The zero-order valence-electron chi connectivity index (χ0n) is 21.2. The number of aliphatic hydroxyl groups excluding tert-OH is 1. The molecule has 0 aromatic carbocycles. The standard InChI is InChI=1S/C28H38ClFO5/c1-5-6-7-8-24(34)35-15-22(32)25-16(2)11-18-19-13-21(29)20-12-17(31)9-10-27(20,4)28(19,30)23(33)14-26(18,25)3/h9-10,12,16,18-19,21,23,25,33H,5-8,11,13-15H2,1-4H3/t16-,18+,19+,21+,23+,25-,26+,27+,28+/m1/s1. The number of unbranched alkanes of at least 4 members (excludes halogenated alkanes) is 2. The fourth-order valence-corrected chi connectivity index (χ4v) is 8.57. The van der Waals surface area contributed by atoms with E-state index in [1.165, 1.54) is 12.2 Å². The van der Waals surface area contributed by atoms with Gasteiger partial charge in [0.05, 0.1) is 11.5 Å². The molecule has 0 heterocycles. The molecule has 0 bridgehead atoms. The summed E-state index contributed by atoms with van der Waals surface area (Å²) in [6.07, 6.45) is 7.11. The van der Waals surface area contributed by atoms with Gasteiger partial charge in [-0.1, -0.05) is 39.7 Å². The first-order chi connectivity index (χ1) is 16.4. The average Bonchev–Trinajstić information content (AvgIpc) is 3.05. The largest absolute Gasteiger partial charge is 0.458 e. The molecule has 3 saturated carbocycles. The number of aliphatic hydroxyl groups is 1. The third kappa shape index (κ3) is 4.03. The van der Waals surface area contributed by atoms with Crippen molar-refractivity contribution in [3.05, 3.63) is 23.8 Å². The Balaban J connectivity index is 1.59. The highest BCUT2D eigenvalue weighted by atomic mass is 35.5. The van der Waals surface area contributed by atoms with Crippen molar-refractivity contribution in [2.45, 2.75) is 89.8 Å². The van der Waals surface area contributed by atoms with Crippen LogP contribution in [0, 0.1) is 34.5 Å². The predicted octanol–water partition coefficient (Wildman–Crippen LogP) is 5.13. The lowest BCUT2D eigenvalue weighted by Gasteiger charge is -2.62. The number of alkyl halides is 2. The summed E-state index contributed by atoms with van der Waals surface area (Å²) < 4.78 is 22.5. The van der Waals surface area contributed by atoms with E-state index in [0.29, 0.717) is 24.8 Å². The fourth-order valence-electron chi connectivity index (χ4n) is 8.09. The number of carbonyl (C=O) groups excluding carboxylic acids is 3. The molecule has 0 unspecified atom stereocenters. The van der Waals surface area contributed by atoms with E-state index in [4.69, 9.17) is 16.3 Å². The Morgan fingerprint density at radius 3 is 2.63 bits per heavy atom. The summed E-state index contributed by atoms with van der Waals surface area (Å²) in [6, 6.07) is 0. The second-order valence-corrected chi connectivity index (χ2v) is 12.2. The minimum atomic E-state index is -1.99. The van der Waals surface area contributed by atoms with Gasteiger partial charge in [0.25, 0.3) is 0 Å². The quantitative estimate of drug-likeness (QED) is 0.293. The van der Waals surface area contributed by atoms with E-state index >= 15 is 4.39 Å². The number of allylic oxidation sites excluding steroid dienone is 4. The van der Waals surface area contributed by atoms with E-state index < -0.39 is 39.8 Å². The normalized spacial score (nSPS) is 44.2. The van der Waals surface area contributed by atoms with Crippen LogP contribution >= 0.6 is 11.6 Å². The molecule has 0 amide bonds. The zero-order chi connectivity index (χ0) is 25.8. The van der Waals surface area contributed by atoms with Crippen molar-refractivity contribution >= 4 is 29.1 Å². The molecule has 1 N–H and O–H groups in total. The maximum absolute atomic E-state index is 17.2. The van der Waals surface area contributed by atoms with Crippen LogP contribution in [0.15, 0.2) is 23.8 Å². The second kappa shape index (κ2) is 9.41. The zero-order valence-corrected chi connectivity index (χ0v) is 21.9. The molecule has 4 aliphatic carbocycles. The predicted molar refractivity (Wildman–Crippen MR) is 132 cm³/mol. The van der Waals surface area contributed by atoms with Crippen LogP contribution in [0.4, 0.5) is 4.39 Å². The van der Waals surface area contributed by atoms with E-state index in [1.807, 2.05) is 13.8 Å². The molecule has 0 aromatic rings. The van der Waals surface area contributed by atoms with Gasteiger partial charge in [-0.25, -0.2) is 4.39 Å². The van der Waals surface area contributed by atoms with Crippen LogP contribution in [-0.2, 0) is 19.1 Å². The minimum absolute atomic E-state index is 0.0344. The van der Waals surface area contributed by atoms with Crippen LogP contribution in [-0.4, -0.2) is 46.4 Å². The van der Waals surface area contributed by atoms with Crippen LogP contribution in [0.3, 0.4) is 0 Å². The molecular formula is C28H38ClFO5. The highest BCUT2D eigenvalue weighted by molar-refractivity contribution is 6.23. The molecule has 0 radical (unpaired) electrons. The molecule has 194 valence electrons. The van der Waals surface area contributed by atoms with Gasteiger partial charge in [0.15, 0.2) is 17.2 Å². The monoisotopic (exact) mass is 508 g/mol. The van der Waals surface area contributed by atoms with Crippen molar-refractivity contribution < 1.29 is 28.6 Å². The summed E-state index contributed by atoms with van der Waals surface area (Å²) in [5.41, 5.74) is -3.28. The Morgan fingerprint density at radius 2 is 1.94 bits per heavy atom. The van der Waals surface area contributed by atoms with Crippen LogP contribution < -0.4 is 0 Å². The van der Waals surface area contributed by atoms with Gasteiger partial charge in [-0.2, -0.15) is 0 Å². The number of halogens is 2. The molecule has 9 atom stereocenters. The van der Waals surface area contributed by atoms with Crippen LogP contribution in [0.25, 0.3) is 0 Å². The summed E-state index contributed by atoms with van der Waals surface area (Å²) in [6.45, 7) is 7.48. The Hall–Kier alpha value is -1.53. The van der Waals surface area contributed by atoms with Gasteiger partial charge in [0, 0.05) is 23.7 Å². The average molecular weight is 509 g/mol. The van der Waals surface area contributed by atoms with E-state index in [9.17, 15) is 19.5 Å². The molecule has 4 aliphatic rings. The van der Waals surface area contributed by atoms with E-state index in [2.05, 4.69) is 6.92 Å². The number of hydrogen-bond donors (Lipinski definition) is 1. The SMILES string of the molecule is CCCCCC(=O)OCC(=O)[C@H]1[C@H](C)C[C@H]2[C@@H]3C[C@H](Cl)C4=CC(=O)C=C[C@]4(C)[C@@]3(F)[C@@H](O)C[C@@]21C. The molecular weight excluding hydrogens is 471 g/mol. The fraction of sp³-hybridized carbons (Fsp3) is 0.750. The molecule has 0 aromatic heterocycles. The molecule has 0 aliphatic heterocycles. The van der Waals surface area contributed by atoms with Gasteiger partial charge in [0.2, 0.25) is 0 Å².